The number of halogens is 1. The third kappa shape index (κ3) is 3.97. The molecule has 0 radical (unpaired) electrons. The molecule has 20 heavy (non-hydrogen) atoms. The molecule has 0 aliphatic carbocycles. The average molecular weight is 295 g/mol. The molecular formula is C16H23ClN2O. The number of nitrogens with zero attached hydrogens (tertiary/aromatic N) is 2. The van der Waals surface area contributed by atoms with Crippen molar-refractivity contribution in [1.29, 1.82) is 0 Å². The fourth-order valence-electron chi connectivity index (χ4n) is 2.54. The van der Waals surface area contributed by atoms with Crippen molar-refractivity contribution in [3.8, 4) is 0 Å². The van der Waals surface area contributed by atoms with E-state index in [0.717, 1.165) is 38.3 Å². The summed E-state index contributed by atoms with van der Waals surface area (Å²) in [5.41, 5.74) is 3.64. The molecule has 0 aromatic heterocycles. The number of benzene rings is 1. The van der Waals surface area contributed by atoms with Crippen molar-refractivity contribution in [2.75, 3.05) is 38.6 Å². The topological polar surface area (TPSA) is 23.6 Å². The van der Waals surface area contributed by atoms with Gasteiger partial charge < -0.3 is 4.90 Å². The number of piperazine rings is 1. The predicted octanol–water partition coefficient (Wildman–Crippen LogP) is 2.23. The summed E-state index contributed by atoms with van der Waals surface area (Å²) in [7, 11) is 0. The first-order chi connectivity index (χ1) is 9.60. The Morgan fingerprint density at radius 1 is 1.15 bits per heavy atom. The van der Waals surface area contributed by atoms with Crippen molar-refractivity contribution >= 4 is 17.5 Å². The molecule has 1 saturated heterocycles. The number of hydrogen-bond donors (Lipinski definition) is 0. The predicted molar refractivity (Wildman–Crippen MR) is 83.4 cm³/mol. The van der Waals surface area contributed by atoms with Crippen LogP contribution in [-0.2, 0) is 11.2 Å². The van der Waals surface area contributed by atoms with E-state index in [2.05, 4.69) is 36.9 Å². The van der Waals surface area contributed by atoms with Gasteiger partial charge in [0, 0.05) is 38.6 Å². The van der Waals surface area contributed by atoms with Crippen molar-refractivity contribution in [2.24, 2.45) is 0 Å². The lowest BCUT2D eigenvalue weighted by Crippen LogP contribution is -2.49. The molecule has 1 aliphatic heterocycles. The van der Waals surface area contributed by atoms with E-state index in [4.69, 9.17) is 11.6 Å². The van der Waals surface area contributed by atoms with Gasteiger partial charge in [-0.3, -0.25) is 9.69 Å². The first-order valence-corrected chi connectivity index (χ1v) is 7.76. The van der Waals surface area contributed by atoms with Gasteiger partial charge in [0.05, 0.1) is 6.42 Å². The maximum atomic E-state index is 12.3. The van der Waals surface area contributed by atoms with Crippen LogP contribution in [0.2, 0.25) is 0 Å². The third-order valence-corrected chi connectivity index (χ3v) is 4.22. The van der Waals surface area contributed by atoms with Crippen molar-refractivity contribution in [1.82, 2.24) is 9.80 Å². The Morgan fingerprint density at radius 3 is 2.45 bits per heavy atom. The molecule has 0 bridgehead atoms. The van der Waals surface area contributed by atoms with Gasteiger partial charge in [0.25, 0.3) is 0 Å². The highest BCUT2D eigenvalue weighted by molar-refractivity contribution is 6.18. The number of carbonyl (C=O) groups excluding carboxylic acids is 1. The Morgan fingerprint density at radius 2 is 1.85 bits per heavy atom. The normalized spacial score (nSPS) is 16.4. The maximum absolute atomic E-state index is 12.3. The molecule has 1 heterocycles. The summed E-state index contributed by atoms with van der Waals surface area (Å²) in [5.74, 6) is 0.898. The van der Waals surface area contributed by atoms with E-state index >= 15 is 0 Å². The molecule has 1 aliphatic rings. The van der Waals surface area contributed by atoms with Crippen LogP contribution < -0.4 is 0 Å². The van der Waals surface area contributed by atoms with Gasteiger partial charge in [-0.25, -0.2) is 0 Å². The monoisotopic (exact) mass is 294 g/mol. The molecule has 1 fully saturated rings. The van der Waals surface area contributed by atoms with Gasteiger partial charge in [-0.1, -0.05) is 18.2 Å². The van der Waals surface area contributed by atoms with Crippen LogP contribution in [0.4, 0.5) is 0 Å². The molecular weight excluding hydrogens is 272 g/mol. The Hall–Kier alpha value is -1.06. The molecule has 2 rings (SSSR count). The first kappa shape index (κ1) is 15.3. The lowest BCUT2D eigenvalue weighted by atomic mass is 10.0. The summed E-state index contributed by atoms with van der Waals surface area (Å²) >= 11 is 5.75. The number of rotatable bonds is 4. The van der Waals surface area contributed by atoms with Crippen LogP contribution in [0, 0.1) is 13.8 Å². The highest BCUT2D eigenvalue weighted by Gasteiger charge is 2.20. The van der Waals surface area contributed by atoms with E-state index in [0.29, 0.717) is 12.3 Å². The molecule has 0 spiro atoms. The van der Waals surface area contributed by atoms with Crippen molar-refractivity contribution in [3.63, 3.8) is 0 Å². The zero-order chi connectivity index (χ0) is 14.5. The summed E-state index contributed by atoms with van der Waals surface area (Å²) in [5, 5.41) is 0. The third-order valence-electron chi connectivity index (χ3n) is 4.05. The van der Waals surface area contributed by atoms with Gasteiger partial charge in [-0.2, -0.15) is 0 Å². The minimum Gasteiger partial charge on any atom is -0.340 e. The van der Waals surface area contributed by atoms with Crippen LogP contribution in [-0.4, -0.2) is 54.3 Å². The van der Waals surface area contributed by atoms with Gasteiger partial charge in [-0.15, -0.1) is 11.6 Å². The molecule has 0 N–H and O–H groups in total. The Labute approximate surface area is 126 Å². The van der Waals surface area contributed by atoms with E-state index in [1.807, 2.05) is 4.90 Å². The van der Waals surface area contributed by atoms with Gasteiger partial charge in [0.2, 0.25) is 5.91 Å². The number of aryl methyl sites for hydroxylation is 2. The minimum atomic E-state index is 0.235. The second-order valence-corrected chi connectivity index (χ2v) is 5.88. The largest absolute Gasteiger partial charge is 0.340 e. The minimum absolute atomic E-state index is 0.235. The highest BCUT2D eigenvalue weighted by atomic mass is 35.5. The van der Waals surface area contributed by atoms with E-state index in [1.54, 1.807) is 0 Å². The van der Waals surface area contributed by atoms with Crippen LogP contribution in [0.5, 0.6) is 0 Å². The molecule has 0 saturated carbocycles. The Kier molecular flexibility index (Phi) is 5.44. The first-order valence-electron chi connectivity index (χ1n) is 7.22. The molecule has 1 aromatic rings. The van der Waals surface area contributed by atoms with E-state index in [-0.39, 0.29) is 5.91 Å². The smallest absolute Gasteiger partial charge is 0.227 e. The summed E-state index contributed by atoms with van der Waals surface area (Å²) in [6.07, 6.45) is 0.511. The van der Waals surface area contributed by atoms with E-state index in [9.17, 15) is 4.79 Å². The van der Waals surface area contributed by atoms with Crippen LogP contribution >= 0.6 is 11.6 Å². The lowest BCUT2D eigenvalue weighted by molar-refractivity contribution is -0.132. The van der Waals surface area contributed by atoms with E-state index in [1.165, 1.54) is 11.1 Å². The molecule has 1 amide bonds. The Balaban J connectivity index is 1.88. The zero-order valence-corrected chi connectivity index (χ0v) is 13.1. The van der Waals surface area contributed by atoms with Gasteiger partial charge in [0.15, 0.2) is 0 Å². The second-order valence-electron chi connectivity index (χ2n) is 5.51. The van der Waals surface area contributed by atoms with Gasteiger partial charge >= 0.3 is 0 Å². The summed E-state index contributed by atoms with van der Waals surface area (Å²) in [4.78, 5) is 16.6. The molecule has 110 valence electrons. The summed E-state index contributed by atoms with van der Waals surface area (Å²) < 4.78 is 0. The molecule has 0 atom stereocenters. The molecule has 4 heteroatoms. The summed E-state index contributed by atoms with van der Waals surface area (Å²) in [6.45, 7) is 8.61. The maximum Gasteiger partial charge on any atom is 0.227 e. The SMILES string of the molecule is Cc1ccc(CC(=O)N2CCN(CCCl)CC2)cc1C. The highest BCUT2D eigenvalue weighted by Crippen LogP contribution is 2.12. The van der Waals surface area contributed by atoms with Crippen molar-refractivity contribution in [3.05, 3.63) is 34.9 Å². The number of carbonyl (C=O) groups is 1. The van der Waals surface area contributed by atoms with Gasteiger partial charge in [0.1, 0.15) is 0 Å². The fourth-order valence-corrected chi connectivity index (χ4v) is 2.78. The number of hydrogen-bond acceptors (Lipinski definition) is 2. The number of alkyl halides is 1. The standard InChI is InChI=1S/C16H23ClN2O/c1-13-3-4-15(11-14(13)2)12-16(20)19-9-7-18(6-5-17)8-10-19/h3-4,11H,5-10,12H2,1-2H3. The molecule has 0 unspecified atom stereocenters. The number of amides is 1. The second kappa shape index (κ2) is 7.09. The van der Waals surface area contributed by atoms with Crippen LogP contribution in [0.25, 0.3) is 0 Å². The fraction of sp³-hybridized carbons (Fsp3) is 0.562. The van der Waals surface area contributed by atoms with Crippen molar-refractivity contribution < 1.29 is 4.79 Å². The zero-order valence-electron chi connectivity index (χ0n) is 12.4. The van der Waals surface area contributed by atoms with Crippen LogP contribution in [0.3, 0.4) is 0 Å². The molecule has 1 aromatic carbocycles. The Bertz CT molecular complexity index is 468. The summed E-state index contributed by atoms with van der Waals surface area (Å²) in [6, 6.07) is 6.28. The van der Waals surface area contributed by atoms with Crippen LogP contribution in [0.1, 0.15) is 16.7 Å². The van der Waals surface area contributed by atoms with Gasteiger partial charge in [-0.05, 0) is 30.5 Å². The van der Waals surface area contributed by atoms with Crippen molar-refractivity contribution in [2.45, 2.75) is 20.3 Å². The lowest BCUT2D eigenvalue weighted by Gasteiger charge is -2.34. The van der Waals surface area contributed by atoms with Crippen LogP contribution in [0.15, 0.2) is 18.2 Å². The van der Waals surface area contributed by atoms with E-state index < -0.39 is 0 Å². The average Bonchev–Trinajstić information content (AvgIpc) is 2.44. The molecule has 3 nitrogen and oxygen atoms in total. The quantitative estimate of drug-likeness (QED) is 0.795.